The van der Waals surface area contributed by atoms with Gasteiger partial charge in [0, 0.05) is 15.1 Å². The number of rotatable bonds is 0. The number of hydrogen-bond donors (Lipinski definition) is 0. The van der Waals surface area contributed by atoms with Crippen LogP contribution in [0, 0.1) is 12.3 Å². The van der Waals surface area contributed by atoms with Crippen LogP contribution < -0.4 is 0 Å². The Balaban J connectivity index is 3.23. The maximum Gasteiger partial charge on any atom is 0.0418 e. The highest BCUT2D eigenvalue weighted by atomic mass is 79.9. The van der Waals surface area contributed by atoms with Gasteiger partial charge in [0.15, 0.2) is 0 Å². The van der Waals surface area contributed by atoms with E-state index < -0.39 is 0 Å². The van der Waals surface area contributed by atoms with Crippen LogP contribution in [-0.2, 0) is 0 Å². The first kappa shape index (κ1) is 7.65. The average molecular weight is 215 g/mol. The first-order valence-corrected chi connectivity index (χ1v) is 3.83. The summed E-state index contributed by atoms with van der Waals surface area (Å²) >= 11 is 8.96. The van der Waals surface area contributed by atoms with Gasteiger partial charge in [0.2, 0.25) is 0 Å². The van der Waals surface area contributed by atoms with Gasteiger partial charge < -0.3 is 0 Å². The van der Waals surface area contributed by atoms with Gasteiger partial charge in [0.05, 0.1) is 0 Å². The predicted molar refractivity (Wildman–Crippen MR) is 47.1 cm³/mol. The third kappa shape index (κ3) is 1.53. The highest BCUT2D eigenvalue weighted by molar-refractivity contribution is 9.10. The number of hydrogen-bond acceptors (Lipinski definition) is 0. The topological polar surface area (TPSA) is 0 Å². The normalized spacial score (nSPS) is 8.90. The van der Waals surface area contributed by atoms with Crippen LogP contribution >= 0.6 is 27.5 Å². The lowest BCUT2D eigenvalue weighted by Crippen LogP contribution is -1.74. The molecule has 0 radical (unpaired) electrons. The molecule has 0 fully saturated rings. The van der Waals surface area contributed by atoms with E-state index in [4.69, 9.17) is 18.0 Å². The summed E-state index contributed by atoms with van der Waals surface area (Å²) < 4.78 is 0.863. The Morgan fingerprint density at radius 2 is 2.20 bits per heavy atom. The quantitative estimate of drug-likeness (QED) is 0.584. The maximum absolute atomic E-state index is 5.68. The lowest BCUT2D eigenvalue weighted by Gasteiger charge is -1.94. The van der Waals surface area contributed by atoms with E-state index in [1.54, 1.807) is 18.2 Å². The molecule has 0 amide bonds. The van der Waals surface area contributed by atoms with Crippen LogP contribution in [0.2, 0.25) is 5.02 Å². The Bertz CT molecular complexity index is 286. The Morgan fingerprint density at radius 3 is 2.70 bits per heavy atom. The maximum atomic E-state index is 5.68. The zero-order valence-corrected chi connectivity index (χ0v) is 7.41. The summed E-state index contributed by atoms with van der Waals surface area (Å²) in [5.41, 5.74) is 0.824. The van der Waals surface area contributed by atoms with Crippen LogP contribution in [0.3, 0.4) is 0 Å². The lowest BCUT2D eigenvalue weighted by molar-refractivity contribution is 1.59. The van der Waals surface area contributed by atoms with E-state index in [0.717, 1.165) is 10.0 Å². The van der Waals surface area contributed by atoms with E-state index in [1.807, 2.05) is 0 Å². The van der Waals surface area contributed by atoms with Crippen molar-refractivity contribution in [1.82, 2.24) is 0 Å². The van der Waals surface area contributed by atoms with Crippen molar-refractivity contribution in [3.05, 3.63) is 33.3 Å². The number of benzene rings is 1. The molecular formula is C8H4BrCl. The van der Waals surface area contributed by atoms with Gasteiger partial charge in [0.1, 0.15) is 0 Å². The van der Waals surface area contributed by atoms with Gasteiger partial charge in [-0.2, -0.15) is 0 Å². The highest BCUT2D eigenvalue weighted by Gasteiger charge is 1.95. The van der Waals surface area contributed by atoms with Gasteiger partial charge in [-0.3, -0.25) is 0 Å². The van der Waals surface area contributed by atoms with Gasteiger partial charge in [0.25, 0.3) is 0 Å². The third-order valence-corrected chi connectivity index (χ3v) is 1.98. The predicted octanol–water partition coefficient (Wildman–Crippen LogP) is 3.08. The van der Waals surface area contributed by atoms with Crippen molar-refractivity contribution in [2.75, 3.05) is 0 Å². The standard InChI is InChI=1S/C8H4BrCl/c1-2-6-3-4-7(10)5-8(6)9/h1,3-5H. The summed E-state index contributed by atoms with van der Waals surface area (Å²) in [6, 6.07) is 5.34. The molecule has 0 heterocycles. The fourth-order valence-electron chi connectivity index (χ4n) is 0.607. The molecule has 0 aliphatic carbocycles. The van der Waals surface area contributed by atoms with E-state index in [1.165, 1.54) is 0 Å². The second-order valence-electron chi connectivity index (χ2n) is 1.77. The fraction of sp³-hybridized carbons (Fsp3) is 0. The molecule has 0 spiro atoms. The monoisotopic (exact) mass is 214 g/mol. The zero-order valence-electron chi connectivity index (χ0n) is 5.07. The molecule has 0 unspecified atom stereocenters. The lowest BCUT2D eigenvalue weighted by atomic mass is 10.2. The Morgan fingerprint density at radius 1 is 1.50 bits per heavy atom. The Labute approximate surface area is 73.3 Å². The van der Waals surface area contributed by atoms with Crippen LogP contribution in [0.4, 0.5) is 0 Å². The van der Waals surface area contributed by atoms with Gasteiger partial charge in [-0.25, -0.2) is 0 Å². The minimum Gasteiger partial charge on any atom is -0.115 e. The molecular weight excluding hydrogens is 211 g/mol. The number of terminal acetylenes is 1. The second kappa shape index (κ2) is 3.09. The Kier molecular flexibility index (Phi) is 2.37. The van der Waals surface area contributed by atoms with Crippen molar-refractivity contribution < 1.29 is 0 Å². The molecule has 0 nitrogen and oxygen atoms in total. The first-order chi connectivity index (χ1) is 4.74. The molecule has 1 rings (SSSR count). The summed E-state index contributed by atoms with van der Waals surface area (Å²) in [4.78, 5) is 0. The van der Waals surface area contributed by atoms with Crippen molar-refractivity contribution in [3.63, 3.8) is 0 Å². The first-order valence-electron chi connectivity index (χ1n) is 2.65. The summed E-state index contributed by atoms with van der Waals surface area (Å²) in [5.74, 6) is 2.52. The van der Waals surface area contributed by atoms with Crippen molar-refractivity contribution in [2.24, 2.45) is 0 Å². The molecule has 0 aliphatic heterocycles. The van der Waals surface area contributed by atoms with Crippen molar-refractivity contribution in [3.8, 4) is 12.3 Å². The van der Waals surface area contributed by atoms with E-state index >= 15 is 0 Å². The summed E-state index contributed by atoms with van der Waals surface area (Å²) in [5, 5.41) is 0.686. The van der Waals surface area contributed by atoms with E-state index in [-0.39, 0.29) is 0 Å². The van der Waals surface area contributed by atoms with E-state index in [0.29, 0.717) is 5.02 Å². The Hall–Kier alpha value is -0.450. The SMILES string of the molecule is C#Cc1ccc(Cl)cc1Br. The van der Waals surface area contributed by atoms with Gasteiger partial charge in [-0.05, 0) is 34.1 Å². The number of halogens is 2. The molecule has 1 aromatic carbocycles. The van der Waals surface area contributed by atoms with Crippen molar-refractivity contribution in [2.45, 2.75) is 0 Å². The van der Waals surface area contributed by atoms with Crippen LogP contribution in [0.15, 0.2) is 22.7 Å². The van der Waals surface area contributed by atoms with Crippen LogP contribution in [0.5, 0.6) is 0 Å². The smallest absolute Gasteiger partial charge is 0.0418 e. The molecule has 0 bridgehead atoms. The average Bonchev–Trinajstić information content (AvgIpc) is 1.88. The van der Waals surface area contributed by atoms with Crippen LogP contribution in [-0.4, -0.2) is 0 Å². The molecule has 2 heteroatoms. The van der Waals surface area contributed by atoms with Gasteiger partial charge in [-0.1, -0.05) is 17.5 Å². The zero-order chi connectivity index (χ0) is 7.56. The van der Waals surface area contributed by atoms with Gasteiger partial charge >= 0.3 is 0 Å². The van der Waals surface area contributed by atoms with Crippen molar-refractivity contribution >= 4 is 27.5 Å². The molecule has 1 aromatic rings. The highest BCUT2D eigenvalue weighted by Crippen LogP contribution is 2.20. The van der Waals surface area contributed by atoms with Crippen LogP contribution in [0.25, 0.3) is 0 Å². The minimum atomic E-state index is 0.686. The largest absolute Gasteiger partial charge is 0.115 e. The third-order valence-electron chi connectivity index (χ3n) is 1.09. The molecule has 50 valence electrons. The molecule has 0 saturated heterocycles. The van der Waals surface area contributed by atoms with Crippen LogP contribution in [0.1, 0.15) is 5.56 Å². The fourth-order valence-corrected chi connectivity index (χ4v) is 1.40. The van der Waals surface area contributed by atoms with E-state index in [9.17, 15) is 0 Å². The molecule has 0 atom stereocenters. The van der Waals surface area contributed by atoms with Gasteiger partial charge in [-0.15, -0.1) is 6.42 Å². The molecule has 10 heavy (non-hydrogen) atoms. The molecule has 0 saturated carbocycles. The van der Waals surface area contributed by atoms with E-state index in [2.05, 4.69) is 21.9 Å². The molecule has 0 N–H and O–H groups in total. The summed E-state index contributed by atoms with van der Waals surface area (Å²) in [6.45, 7) is 0. The second-order valence-corrected chi connectivity index (χ2v) is 3.06. The molecule has 0 aromatic heterocycles. The molecule has 0 aliphatic rings. The minimum absolute atomic E-state index is 0.686. The van der Waals surface area contributed by atoms with Crippen molar-refractivity contribution in [1.29, 1.82) is 0 Å². The summed E-state index contributed by atoms with van der Waals surface area (Å²) in [6.07, 6.45) is 5.18. The summed E-state index contributed by atoms with van der Waals surface area (Å²) in [7, 11) is 0.